The second-order valence-electron chi connectivity index (χ2n) is 4.28. The van der Waals surface area contributed by atoms with Crippen LogP contribution in [0.4, 0.5) is 0 Å². The molecule has 3 atom stereocenters. The normalized spacial score (nSPS) is 33.9. The maximum Gasteiger partial charge on any atom is 0.180 e. The van der Waals surface area contributed by atoms with E-state index < -0.39 is 0 Å². The molecule has 14 heavy (non-hydrogen) atoms. The first-order chi connectivity index (χ1) is 6.86. The highest BCUT2D eigenvalue weighted by molar-refractivity contribution is 6.00. The van der Waals surface area contributed by atoms with Gasteiger partial charge in [-0.05, 0) is 24.8 Å². The maximum atomic E-state index is 12.0. The first kappa shape index (κ1) is 8.18. The molecule has 0 amide bonds. The molecule has 1 aliphatic heterocycles. The van der Waals surface area contributed by atoms with E-state index in [4.69, 9.17) is 0 Å². The monoisotopic (exact) mass is 187 g/mol. The molecule has 1 N–H and O–H groups in total. The molecule has 0 unspecified atom stereocenters. The predicted molar refractivity (Wildman–Crippen MR) is 54.2 cm³/mol. The predicted octanol–water partition coefficient (Wildman–Crippen LogP) is 1.48. The van der Waals surface area contributed by atoms with Crippen molar-refractivity contribution >= 4 is 5.78 Å². The van der Waals surface area contributed by atoms with Crippen molar-refractivity contribution in [1.82, 2.24) is 5.32 Å². The highest BCUT2D eigenvalue weighted by atomic mass is 16.1. The summed E-state index contributed by atoms with van der Waals surface area (Å²) >= 11 is 0. The van der Waals surface area contributed by atoms with Crippen LogP contribution in [-0.2, 0) is 0 Å². The first-order valence-electron chi connectivity index (χ1n) is 5.19. The summed E-state index contributed by atoms with van der Waals surface area (Å²) in [7, 11) is 0. The second kappa shape index (κ2) is 2.92. The van der Waals surface area contributed by atoms with Crippen LogP contribution in [-0.4, -0.2) is 18.4 Å². The second-order valence-corrected chi connectivity index (χ2v) is 4.28. The Kier molecular flexibility index (Phi) is 1.71. The number of nitrogens with one attached hydrogen (secondary N) is 1. The van der Waals surface area contributed by atoms with Gasteiger partial charge in [0.15, 0.2) is 5.78 Å². The van der Waals surface area contributed by atoms with Crippen molar-refractivity contribution in [3.8, 4) is 0 Å². The lowest BCUT2D eigenvalue weighted by atomic mass is 10.0. The molecule has 72 valence electrons. The van der Waals surface area contributed by atoms with Crippen LogP contribution in [0.15, 0.2) is 30.3 Å². The Morgan fingerprint density at radius 2 is 2.07 bits per heavy atom. The van der Waals surface area contributed by atoms with E-state index in [1.54, 1.807) is 0 Å². The zero-order valence-corrected chi connectivity index (χ0v) is 7.94. The number of hydrogen-bond donors (Lipinski definition) is 1. The Morgan fingerprint density at radius 1 is 1.29 bits per heavy atom. The quantitative estimate of drug-likeness (QED) is 0.710. The number of Topliss-reactive ketones (excluding diaryl/α,β-unsaturated/α-hetero) is 1. The summed E-state index contributed by atoms with van der Waals surface area (Å²) < 4.78 is 0. The maximum absolute atomic E-state index is 12.0. The molecule has 3 rings (SSSR count). The SMILES string of the molecule is O=C(c1ccccc1)[C@@H]1NC[C@@H]2C[C@@H]21. The minimum Gasteiger partial charge on any atom is -0.307 e. The molecule has 1 saturated heterocycles. The Hall–Kier alpha value is -1.15. The van der Waals surface area contributed by atoms with E-state index in [0.717, 1.165) is 18.0 Å². The lowest BCUT2D eigenvalue weighted by Gasteiger charge is -2.11. The van der Waals surface area contributed by atoms with E-state index in [2.05, 4.69) is 5.32 Å². The van der Waals surface area contributed by atoms with Gasteiger partial charge in [-0.2, -0.15) is 0 Å². The van der Waals surface area contributed by atoms with Crippen molar-refractivity contribution in [2.24, 2.45) is 11.8 Å². The lowest BCUT2D eigenvalue weighted by Crippen LogP contribution is -2.34. The minimum absolute atomic E-state index is 0.0994. The molecule has 1 aliphatic carbocycles. The van der Waals surface area contributed by atoms with Crippen LogP contribution in [0.1, 0.15) is 16.8 Å². The largest absolute Gasteiger partial charge is 0.307 e. The van der Waals surface area contributed by atoms with Crippen LogP contribution in [0, 0.1) is 11.8 Å². The first-order valence-corrected chi connectivity index (χ1v) is 5.19. The van der Waals surface area contributed by atoms with Gasteiger partial charge in [-0.25, -0.2) is 0 Å². The van der Waals surface area contributed by atoms with Gasteiger partial charge in [0.05, 0.1) is 6.04 Å². The van der Waals surface area contributed by atoms with Crippen LogP contribution in [0.2, 0.25) is 0 Å². The van der Waals surface area contributed by atoms with Crippen molar-refractivity contribution < 1.29 is 4.79 Å². The van der Waals surface area contributed by atoms with Gasteiger partial charge in [0.2, 0.25) is 0 Å². The zero-order valence-electron chi connectivity index (χ0n) is 7.94. The number of hydrogen-bond acceptors (Lipinski definition) is 2. The average Bonchev–Trinajstić information content (AvgIpc) is 2.91. The van der Waals surface area contributed by atoms with Gasteiger partial charge < -0.3 is 5.32 Å². The van der Waals surface area contributed by atoms with Gasteiger partial charge in [-0.1, -0.05) is 30.3 Å². The molecule has 2 aliphatic rings. The van der Waals surface area contributed by atoms with Gasteiger partial charge in [-0.3, -0.25) is 4.79 Å². The van der Waals surface area contributed by atoms with Crippen LogP contribution in [0.3, 0.4) is 0 Å². The Balaban J connectivity index is 1.82. The van der Waals surface area contributed by atoms with E-state index in [-0.39, 0.29) is 11.8 Å². The molecule has 1 heterocycles. The highest BCUT2D eigenvalue weighted by Crippen LogP contribution is 2.45. The Morgan fingerprint density at radius 3 is 2.64 bits per heavy atom. The zero-order chi connectivity index (χ0) is 9.54. The van der Waals surface area contributed by atoms with Gasteiger partial charge in [0, 0.05) is 5.56 Å². The summed E-state index contributed by atoms with van der Waals surface area (Å²) in [5, 5.41) is 3.30. The summed E-state index contributed by atoms with van der Waals surface area (Å²) in [5.74, 6) is 1.69. The van der Waals surface area contributed by atoms with Crippen molar-refractivity contribution in [1.29, 1.82) is 0 Å². The molecule has 2 fully saturated rings. The van der Waals surface area contributed by atoms with Gasteiger partial charge in [0.1, 0.15) is 0 Å². The van der Waals surface area contributed by atoms with Gasteiger partial charge >= 0.3 is 0 Å². The third-order valence-electron chi connectivity index (χ3n) is 3.35. The molecule has 0 radical (unpaired) electrons. The molecule has 1 aromatic rings. The van der Waals surface area contributed by atoms with E-state index in [0.29, 0.717) is 5.92 Å². The van der Waals surface area contributed by atoms with E-state index in [1.807, 2.05) is 30.3 Å². The summed E-state index contributed by atoms with van der Waals surface area (Å²) in [5.41, 5.74) is 0.845. The fraction of sp³-hybridized carbons (Fsp3) is 0.417. The van der Waals surface area contributed by atoms with E-state index in [1.165, 1.54) is 6.42 Å². The van der Waals surface area contributed by atoms with E-state index in [9.17, 15) is 4.79 Å². The summed E-state index contributed by atoms with van der Waals surface area (Å²) in [6, 6.07) is 9.69. The van der Waals surface area contributed by atoms with Gasteiger partial charge in [-0.15, -0.1) is 0 Å². The summed E-state index contributed by atoms with van der Waals surface area (Å²) in [6.45, 7) is 1.04. The topological polar surface area (TPSA) is 29.1 Å². The van der Waals surface area contributed by atoms with Crippen LogP contribution in [0.25, 0.3) is 0 Å². The van der Waals surface area contributed by atoms with Crippen molar-refractivity contribution in [3.05, 3.63) is 35.9 Å². The fourth-order valence-electron chi connectivity index (χ4n) is 2.41. The molecule has 1 saturated carbocycles. The molecule has 0 aromatic heterocycles. The molecule has 2 nitrogen and oxygen atoms in total. The fourth-order valence-corrected chi connectivity index (χ4v) is 2.41. The average molecular weight is 187 g/mol. The standard InChI is InChI=1S/C12H13NO/c14-12(8-4-2-1-3-5-8)11-10-6-9(10)7-13-11/h1-5,9-11,13H,6-7H2/t9-,10-,11+/m0/s1. The minimum atomic E-state index is 0.0994. The molecule has 0 spiro atoms. The van der Waals surface area contributed by atoms with Crippen molar-refractivity contribution in [3.63, 3.8) is 0 Å². The molecular formula is C12H13NO. The lowest BCUT2D eigenvalue weighted by molar-refractivity contribution is 0.0942. The number of carbonyl (C=O) groups is 1. The van der Waals surface area contributed by atoms with Crippen molar-refractivity contribution in [2.45, 2.75) is 12.5 Å². The molecule has 1 aromatic carbocycles. The molecule has 2 heteroatoms. The number of rotatable bonds is 2. The summed E-state index contributed by atoms with van der Waals surface area (Å²) in [6.07, 6.45) is 1.25. The molecule has 0 bridgehead atoms. The van der Waals surface area contributed by atoms with Crippen LogP contribution in [0.5, 0.6) is 0 Å². The molecular weight excluding hydrogens is 174 g/mol. The highest BCUT2D eigenvalue weighted by Gasteiger charge is 2.50. The number of piperidine rings is 1. The van der Waals surface area contributed by atoms with E-state index >= 15 is 0 Å². The van der Waals surface area contributed by atoms with Crippen LogP contribution < -0.4 is 5.32 Å². The third-order valence-corrected chi connectivity index (χ3v) is 3.35. The number of fused-ring (bicyclic) bond motifs is 1. The van der Waals surface area contributed by atoms with Crippen molar-refractivity contribution in [2.75, 3.05) is 6.54 Å². The smallest absolute Gasteiger partial charge is 0.180 e. The number of ketones is 1. The Bertz CT molecular complexity index is 360. The number of carbonyl (C=O) groups excluding carboxylic acids is 1. The van der Waals surface area contributed by atoms with Crippen LogP contribution >= 0.6 is 0 Å². The summed E-state index contributed by atoms with van der Waals surface area (Å²) in [4.78, 5) is 12.0. The third kappa shape index (κ3) is 1.18. The number of benzene rings is 1. The van der Waals surface area contributed by atoms with Gasteiger partial charge in [0.25, 0.3) is 0 Å². The Labute approximate surface area is 83.3 Å².